The van der Waals surface area contributed by atoms with Crippen molar-refractivity contribution in [1.29, 1.82) is 0 Å². The predicted octanol–water partition coefficient (Wildman–Crippen LogP) is 12.6. The van der Waals surface area contributed by atoms with Crippen LogP contribution in [0.1, 0.15) is 59.8 Å². The quantitative estimate of drug-likeness (QED) is 0.185. The van der Waals surface area contributed by atoms with Crippen LogP contribution < -0.4 is 4.90 Å². The first-order valence-corrected chi connectivity index (χ1v) is 19.0. The fourth-order valence-electron chi connectivity index (χ4n) is 9.69. The minimum absolute atomic E-state index is 0.335. The van der Waals surface area contributed by atoms with Gasteiger partial charge in [-0.3, -0.25) is 0 Å². The Bertz CT molecular complexity index is 2610. The summed E-state index contributed by atoms with van der Waals surface area (Å²) < 4.78 is 2.46. The van der Waals surface area contributed by atoms with E-state index >= 15 is 0 Å². The molecule has 3 unspecified atom stereocenters. The maximum atomic E-state index is 2.52. The molecule has 4 atom stereocenters. The third kappa shape index (κ3) is 4.63. The van der Waals surface area contributed by atoms with Gasteiger partial charge in [0.25, 0.3) is 0 Å². The van der Waals surface area contributed by atoms with E-state index in [4.69, 9.17) is 0 Å². The van der Waals surface area contributed by atoms with Crippen molar-refractivity contribution in [2.45, 2.75) is 37.5 Å². The Morgan fingerprint density at radius 1 is 0.654 bits per heavy atom. The molecule has 0 fully saturated rings. The first-order chi connectivity index (χ1) is 25.8. The van der Waals surface area contributed by atoms with Gasteiger partial charge in [-0.25, -0.2) is 0 Å². The number of nitrogens with zero attached hydrogens (tertiary/aromatic N) is 2. The zero-order valence-corrected chi connectivity index (χ0v) is 29.2. The molecule has 4 aromatic carbocycles. The highest BCUT2D eigenvalue weighted by Crippen LogP contribution is 2.52. The number of hydrogen-bond acceptors (Lipinski definition) is 1. The van der Waals surface area contributed by atoms with Crippen molar-refractivity contribution >= 4 is 39.1 Å². The lowest BCUT2D eigenvalue weighted by Gasteiger charge is -2.29. The Balaban J connectivity index is 0.956. The summed E-state index contributed by atoms with van der Waals surface area (Å²) in [5.41, 5.74) is 16.1. The van der Waals surface area contributed by atoms with E-state index in [0.29, 0.717) is 23.7 Å². The molecule has 6 aliphatic rings. The van der Waals surface area contributed by atoms with E-state index in [1.54, 1.807) is 0 Å². The number of fused-ring (bicyclic) bond motifs is 9. The van der Waals surface area contributed by atoms with E-state index in [2.05, 4.69) is 179 Å². The molecule has 0 saturated heterocycles. The molecule has 0 saturated carbocycles. The van der Waals surface area contributed by atoms with Crippen molar-refractivity contribution < 1.29 is 0 Å². The summed E-state index contributed by atoms with van der Waals surface area (Å²) in [6, 6.07) is 32.2. The third-order valence-corrected chi connectivity index (χ3v) is 12.2. The molecular weight excluding hydrogens is 629 g/mol. The van der Waals surface area contributed by atoms with Gasteiger partial charge in [-0.2, -0.15) is 0 Å². The Hall–Kier alpha value is -5.86. The molecule has 0 amide bonds. The van der Waals surface area contributed by atoms with Gasteiger partial charge in [-0.1, -0.05) is 121 Å². The SMILES string of the molecule is C1=CC2C=Cc3cc(-n4c5ccccc5c5cc(C6=CC=C7C(C6)c6ccccc6N7C6=CCC(C7=CCCC=C7)C=C6)ccc54)ccc3[C@@H]2C=C1. The topological polar surface area (TPSA) is 8.17 Å². The monoisotopic (exact) mass is 668 g/mol. The minimum Gasteiger partial charge on any atom is -0.314 e. The second kappa shape index (κ2) is 11.9. The van der Waals surface area contributed by atoms with E-state index < -0.39 is 0 Å². The van der Waals surface area contributed by atoms with E-state index in [1.807, 2.05) is 0 Å². The molecule has 2 heteroatoms. The van der Waals surface area contributed by atoms with Crippen LogP contribution in [-0.2, 0) is 0 Å². The van der Waals surface area contributed by atoms with Crippen molar-refractivity contribution in [2.24, 2.45) is 11.8 Å². The normalized spacial score (nSPS) is 23.9. The number of hydrogen-bond donors (Lipinski definition) is 0. The average Bonchev–Trinajstić information content (AvgIpc) is 3.73. The van der Waals surface area contributed by atoms with E-state index in [1.165, 1.54) is 84.4 Å². The third-order valence-electron chi connectivity index (χ3n) is 12.2. The summed E-state index contributed by atoms with van der Waals surface area (Å²) in [7, 11) is 0. The molecule has 11 rings (SSSR count). The number of rotatable bonds is 4. The molecule has 5 aromatic rings. The summed E-state index contributed by atoms with van der Waals surface area (Å²) in [6.07, 6.45) is 37.2. The molecule has 0 radical (unpaired) electrons. The second-order valence-corrected chi connectivity index (χ2v) is 15.1. The van der Waals surface area contributed by atoms with E-state index in [-0.39, 0.29) is 0 Å². The largest absolute Gasteiger partial charge is 0.314 e. The lowest BCUT2D eigenvalue weighted by atomic mass is 9.77. The van der Waals surface area contributed by atoms with Gasteiger partial charge in [0.15, 0.2) is 0 Å². The fraction of sp³-hybridized carbons (Fsp3) is 0.160. The lowest BCUT2D eigenvalue weighted by Crippen LogP contribution is -2.21. The van der Waals surface area contributed by atoms with Crippen LogP contribution in [-0.4, -0.2) is 4.57 Å². The number of aromatic nitrogens is 1. The van der Waals surface area contributed by atoms with Gasteiger partial charge >= 0.3 is 0 Å². The highest BCUT2D eigenvalue weighted by molar-refractivity contribution is 6.10. The van der Waals surface area contributed by atoms with Gasteiger partial charge in [0.05, 0.1) is 11.0 Å². The molecule has 2 nitrogen and oxygen atoms in total. The Labute approximate surface area is 305 Å². The Morgan fingerprint density at radius 2 is 1.56 bits per heavy atom. The van der Waals surface area contributed by atoms with Crippen LogP contribution in [0.25, 0.3) is 39.1 Å². The van der Waals surface area contributed by atoms with Crippen LogP contribution in [0.2, 0.25) is 0 Å². The van der Waals surface area contributed by atoms with Crippen LogP contribution in [0.4, 0.5) is 5.69 Å². The van der Waals surface area contributed by atoms with Crippen molar-refractivity contribution in [3.63, 3.8) is 0 Å². The second-order valence-electron chi connectivity index (χ2n) is 15.1. The van der Waals surface area contributed by atoms with Crippen molar-refractivity contribution in [3.8, 4) is 5.69 Å². The average molecular weight is 669 g/mol. The number of anilines is 1. The summed E-state index contributed by atoms with van der Waals surface area (Å²) in [6.45, 7) is 0. The zero-order chi connectivity index (χ0) is 34.2. The number of para-hydroxylation sites is 2. The van der Waals surface area contributed by atoms with Crippen LogP contribution in [0.5, 0.6) is 0 Å². The Morgan fingerprint density at radius 3 is 2.48 bits per heavy atom. The van der Waals surface area contributed by atoms with Crippen molar-refractivity contribution in [2.75, 3.05) is 4.90 Å². The molecule has 0 bridgehead atoms. The predicted molar refractivity (Wildman–Crippen MR) is 218 cm³/mol. The molecule has 0 N–H and O–H groups in total. The van der Waals surface area contributed by atoms with Gasteiger partial charge in [0.2, 0.25) is 0 Å². The number of allylic oxidation sites excluding steroid dienone is 16. The molecule has 250 valence electrons. The van der Waals surface area contributed by atoms with Gasteiger partial charge < -0.3 is 9.47 Å². The maximum Gasteiger partial charge on any atom is 0.0541 e. The summed E-state index contributed by atoms with van der Waals surface area (Å²) in [5, 5.41) is 2.60. The van der Waals surface area contributed by atoms with Gasteiger partial charge in [-0.15, -0.1) is 0 Å². The lowest BCUT2D eigenvalue weighted by molar-refractivity contribution is 0.692. The van der Waals surface area contributed by atoms with Gasteiger partial charge in [0, 0.05) is 57.2 Å². The van der Waals surface area contributed by atoms with E-state index in [9.17, 15) is 0 Å². The number of benzene rings is 4. The van der Waals surface area contributed by atoms with Crippen LogP contribution >= 0.6 is 0 Å². The van der Waals surface area contributed by atoms with Gasteiger partial charge in [0.1, 0.15) is 0 Å². The standard InChI is InChI=1S/C50H40N2/c1-2-10-33(11-3-1)34-20-24-39(25-21-34)51-47-16-8-6-14-43(47)45-31-36(22-28-49(45)51)37-23-29-50-46(32-37)44-15-7-9-17-48(44)52(50)40-26-27-42-38(30-40)19-18-35-12-4-5-13-41(35)42/h2,4-20,22-30,32,34-35,41,45H,1,3,21,31H2/t34?,35?,41-,45?/m1/s1. The smallest absolute Gasteiger partial charge is 0.0541 e. The minimum atomic E-state index is 0.335. The highest BCUT2D eigenvalue weighted by Gasteiger charge is 2.37. The van der Waals surface area contributed by atoms with Crippen LogP contribution in [0.15, 0.2) is 181 Å². The van der Waals surface area contributed by atoms with Crippen LogP contribution in [0, 0.1) is 11.8 Å². The molecule has 0 spiro atoms. The summed E-state index contributed by atoms with van der Waals surface area (Å²) in [4.78, 5) is 2.52. The molecule has 5 aliphatic carbocycles. The van der Waals surface area contributed by atoms with Crippen LogP contribution in [0.3, 0.4) is 0 Å². The summed E-state index contributed by atoms with van der Waals surface area (Å²) in [5.74, 6) is 1.68. The zero-order valence-electron chi connectivity index (χ0n) is 29.2. The van der Waals surface area contributed by atoms with Gasteiger partial charge in [-0.05, 0) is 108 Å². The van der Waals surface area contributed by atoms with Crippen molar-refractivity contribution in [1.82, 2.24) is 4.57 Å². The van der Waals surface area contributed by atoms with Crippen molar-refractivity contribution in [3.05, 3.63) is 203 Å². The fourth-order valence-corrected chi connectivity index (χ4v) is 9.69. The van der Waals surface area contributed by atoms with E-state index in [0.717, 1.165) is 19.3 Å². The molecule has 52 heavy (non-hydrogen) atoms. The molecule has 1 aliphatic heterocycles. The maximum absolute atomic E-state index is 2.52. The molecule has 2 heterocycles. The Kier molecular flexibility index (Phi) is 6.80. The summed E-state index contributed by atoms with van der Waals surface area (Å²) >= 11 is 0. The first-order valence-electron chi connectivity index (χ1n) is 19.0. The first kappa shape index (κ1) is 29.8. The molecular formula is C50H40N2. The highest BCUT2D eigenvalue weighted by atomic mass is 15.2. The molecule has 1 aromatic heterocycles.